The van der Waals surface area contributed by atoms with Gasteiger partial charge in [-0.1, -0.05) is 12.1 Å². The van der Waals surface area contributed by atoms with Crippen LogP contribution in [0.15, 0.2) is 36.5 Å². The van der Waals surface area contributed by atoms with Gasteiger partial charge < -0.3 is 15.1 Å². The van der Waals surface area contributed by atoms with Crippen molar-refractivity contribution in [2.75, 3.05) is 25.5 Å². The molecule has 4 heterocycles. The predicted octanol–water partition coefficient (Wildman–Crippen LogP) is 2.54. The molecule has 7 heteroatoms. The van der Waals surface area contributed by atoms with E-state index >= 15 is 0 Å². The number of carbonyl (C=O) groups is 2. The lowest BCUT2D eigenvalue weighted by Crippen LogP contribution is -2.45. The van der Waals surface area contributed by atoms with Gasteiger partial charge in [-0.3, -0.25) is 4.79 Å². The number of nitrogens with zero attached hydrogens (tertiary/aromatic N) is 4. The van der Waals surface area contributed by atoms with Crippen LogP contribution in [0.2, 0.25) is 0 Å². The van der Waals surface area contributed by atoms with Gasteiger partial charge in [-0.15, -0.1) is 0 Å². The third-order valence-corrected chi connectivity index (χ3v) is 5.44. The number of carbonyl (C=O) groups excluding carboxylic acids is 2. The largest absolute Gasteiger partial charge is 0.341 e. The molecule has 27 heavy (non-hydrogen) atoms. The Morgan fingerprint density at radius 1 is 1.22 bits per heavy atom. The van der Waals surface area contributed by atoms with Crippen LogP contribution < -0.4 is 5.32 Å². The predicted molar refractivity (Wildman–Crippen MR) is 102 cm³/mol. The van der Waals surface area contributed by atoms with E-state index in [1.165, 1.54) is 0 Å². The second-order valence-corrected chi connectivity index (χ2v) is 7.28. The summed E-state index contributed by atoms with van der Waals surface area (Å²) in [5.74, 6) is 0.772. The minimum Gasteiger partial charge on any atom is -0.341 e. The van der Waals surface area contributed by atoms with Crippen LogP contribution in [0.1, 0.15) is 18.7 Å². The molecule has 2 atom stereocenters. The molecule has 1 aromatic heterocycles. The molecule has 0 radical (unpaired) electrons. The molecule has 5 rings (SSSR count). The Labute approximate surface area is 158 Å². The average molecular weight is 365 g/mol. The first-order valence-electron chi connectivity index (χ1n) is 9.24. The SMILES string of the molecule is Cc1nccc(-c2cccc(NC(=O)N3C[C@H]4CC[C@@H](C3)N(C)C4=O)c2)n1. The lowest BCUT2D eigenvalue weighted by molar-refractivity contribution is -0.138. The second kappa shape index (κ2) is 6.98. The Morgan fingerprint density at radius 2 is 2.07 bits per heavy atom. The van der Waals surface area contributed by atoms with Crippen LogP contribution in [-0.2, 0) is 4.79 Å². The van der Waals surface area contributed by atoms with Crippen molar-refractivity contribution >= 4 is 17.6 Å². The molecule has 1 N–H and O–H groups in total. The molecule has 0 aliphatic carbocycles. The maximum atomic E-state index is 12.8. The highest BCUT2D eigenvalue weighted by Gasteiger charge is 2.40. The van der Waals surface area contributed by atoms with E-state index in [0.717, 1.165) is 24.1 Å². The third kappa shape index (κ3) is 3.49. The van der Waals surface area contributed by atoms with E-state index in [4.69, 9.17) is 0 Å². The summed E-state index contributed by atoms with van der Waals surface area (Å²) in [4.78, 5) is 37.3. The van der Waals surface area contributed by atoms with Gasteiger partial charge in [0.1, 0.15) is 5.82 Å². The standard InChI is InChI=1S/C20H23N5O2/c1-13-21-9-8-18(22-13)14-4-3-5-16(10-14)23-20(27)25-11-15-6-7-17(12-25)24(2)19(15)26/h3-5,8-10,15,17H,6-7,11-12H2,1-2H3,(H,23,27)/t15-,17+/m1/s1. The normalized spacial score (nSPS) is 21.9. The van der Waals surface area contributed by atoms with Gasteiger partial charge in [-0.25, -0.2) is 14.8 Å². The van der Waals surface area contributed by atoms with Gasteiger partial charge in [-0.2, -0.15) is 0 Å². The molecule has 3 amide bonds. The molecule has 2 aromatic rings. The van der Waals surface area contributed by atoms with Crippen molar-refractivity contribution in [1.82, 2.24) is 19.8 Å². The Bertz CT molecular complexity index is 884. The number of hydrogen-bond donors (Lipinski definition) is 1. The molecular weight excluding hydrogens is 342 g/mol. The summed E-state index contributed by atoms with van der Waals surface area (Å²) in [7, 11) is 1.84. The molecule has 0 saturated carbocycles. The van der Waals surface area contributed by atoms with Crippen molar-refractivity contribution < 1.29 is 9.59 Å². The number of nitrogens with one attached hydrogen (secondary N) is 1. The molecule has 3 aliphatic heterocycles. The fourth-order valence-electron chi connectivity index (χ4n) is 3.90. The summed E-state index contributed by atoms with van der Waals surface area (Å²) in [5, 5.41) is 2.98. The zero-order chi connectivity index (χ0) is 19.0. The summed E-state index contributed by atoms with van der Waals surface area (Å²) in [5.41, 5.74) is 2.45. The highest BCUT2D eigenvalue weighted by Crippen LogP contribution is 2.28. The topological polar surface area (TPSA) is 78.4 Å². The van der Waals surface area contributed by atoms with Gasteiger partial charge in [0, 0.05) is 43.6 Å². The fourth-order valence-corrected chi connectivity index (χ4v) is 3.90. The van der Waals surface area contributed by atoms with Crippen LogP contribution >= 0.6 is 0 Å². The fraction of sp³-hybridized carbons (Fsp3) is 0.400. The van der Waals surface area contributed by atoms with Crippen molar-refractivity contribution in [3.05, 3.63) is 42.4 Å². The van der Waals surface area contributed by atoms with Crippen LogP contribution in [0, 0.1) is 12.8 Å². The molecular formula is C20H23N5O2. The molecule has 3 saturated heterocycles. The Morgan fingerprint density at radius 3 is 2.89 bits per heavy atom. The Kier molecular flexibility index (Phi) is 4.51. The van der Waals surface area contributed by atoms with Crippen LogP contribution in [0.25, 0.3) is 11.3 Å². The maximum Gasteiger partial charge on any atom is 0.321 e. The van der Waals surface area contributed by atoms with Crippen molar-refractivity contribution in [2.45, 2.75) is 25.8 Å². The monoisotopic (exact) mass is 365 g/mol. The maximum absolute atomic E-state index is 12.8. The van der Waals surface area contributed by atoms with Crippen molar-refractivity contribution in [1.29, 1.82) is 0 Å². The summed E-state index contributed by atoms with van der Waals surface area (Å²) in [6, 6.07) is 9.41. The van der Waals surface area contributed by atoms with Crippen LogP contribution in [0.4, 0.5) is 10.5 Å². The number of benzene rings is 1. The Hall–Kier alpha value is -2.96. The first-order valence-corrected chi connectivity index (χ1v) is 9.24. The molecule has 3 aliphatic rings. The van der Waals surface area contributed by atoms with Gasteiger partial charge in [0.05, 0.1) is 11.6 Å². The molecule has 7 nitrogen and oxygen atoms in total. The average Bonchev–Trinajstić information content (AvgIpc) is 2.95. The molecule has 1 aromatic carbocycles. The lowest BCUT2D eigenvalue weighted by atomic mass is 9.95. The summed E-state index contributed by atoms with van der Waals surface area (Å²) in [6.45, 7) is 2.91. The number of rotatable bonds is 2. The van der Waals surface area contributed by atoms with Crippen LogP contribution in [0.5, 0.6) is 0 Å². The number of urea groups is 1. The first-order chi connectivity index (χ1) is 13.0. The summed E-state index contributed by atoms with van der Waals surface area (Å²) in [6.07, 6.45) is 3.54. The van der Waals surface area contributed by atoms with Gasteiger partial charge in [0.25, 0.3) is 0 Å². The number of aryl methyl sites for hydroxylation is 1. The van der Waals surface area contributed by atoms with Crippen molar-refractivity contribution in [3.63, 3.8) is 0 Å². The number of aromatic nitrogens is 2. The van der Waals surface area contributed by atoms with E-state index in [9.17, 15) is 9.59 Å². The van der Waals surface area contributed by atoms with E-state index < -0.39 is 0 Å². The number of fused-ring (bicyclic) bond motifs is 4. The van der Waals surface area contributed by atoms with E-state index in [-0.39, 0.29) is 23.9 Å². The Balaban J connectivity index is 1.50. The number of anilines is 1. The second-order valence-electron chi connectivity index (χ2n) is 7.28. The van der Waals surface area contributed by atoms with Gasteiger partial charge in [0.15, 0.2) is 0 Å². The highest BCUT2D eigenvalue weighted by atomic mass is 16.2. The third-order valence-electron chi connectivity index (χ3n) is 5.44. The van der Waals surface area contributed by atoms with Crippen LogP contribution in [0.3, 0.4) is 0 Å². The smallest absolute Gasteiger partial charge is 0.321 e. The molecule has 3 fully saturated rings. The van der Waals surface area contributed by atoms with Gasteiger partial charge in [0.2, 0.25) is 5.91 Å². The molecule has 0 unspecified atom stereocenters. The lowest BCUT2D eigenvalue weighted by Gasteiger charge is -2.32. The zero-order valence-electron chi connectivity index (χ0n) is 15.6. The van der Waals surface area contributed by atoms with Crippen molar-refractivity contribution in [3.8, 4) is 11.3 Å². The number of hydrogen-bond acceptors (Lipinski definition) is 4. The molecule has 140 valence electrons. The minimum absolute atomic E-state index is 0.0881. The highest BCUT2D eigenvalue weighted by molar-refractivity contribution is 5.91. The van der Waals surface area contributed by atoms with Gasteiger partial charge in [-0.05, 0) is 38.0 Å². The quantitative estimate of drug-likeness (QED) is 0.887. The summed E-state index contributed by atoms with van der Waals surface area (Å²) < 4.78 is 0. The first kappa shape index (κ1) is 17.5. The van der Waals surface area contributed by atoms with E-state index in [1.54, 1.807) is 16.0 Å². The zero-order valence-corrected chi connectivity index (χ0v) is 15.6. The number of likely N-dealkylation sites (N-methyl/N-ethyl adjacent to an activating group) is 1. The number of piperidine rings is 1. The van der Waals surface area contributed by atoms with Crippen molar-refractivity contribution in [2.24, 2.45) is 5.92 Å². The number of amides is 3. The molecule has 0 spiro atoms. The van der Waals surface area contributed by atoms with E-state index in [1.807, 2.05) is 44.3 Å². The van der Waals surface area contributed by atoms with Crippen LogP contribution in [-0.4, -0.2) is 57.9 Å². The van der Waals surface area contributed by atoms with E-state index in [0.29, 0.717) is 24.6 Å². The minimum atomic E-state index is -0.161. The summed E-state index contributed by atoms with van der Waals surface area (Å²) >= 11 is 0. The van der Waals surface area contributed by atoms with E-state index in [2.05, 4.69) is 15.3 Å². The van der Waals surface area contributed by atoms with Gasteiger partial charge >= 0.3 is 6.03 Å². The molecule has 2 bridgehead atoms.